The third-order valence-corrected chi connectivity index (χ3v) is 8.51. The van der Waals surface area contributed by atoms with Crippen molar-refractivity contribution in [2.45, 2.75) is 64.3 Å². The van der Waals surface area contributed by atoms with Crippen molar-refractivity contribution in [3.63, 3.8) is 0 Å². The van der Waals surface area contributed by atoms with Crippen molar-refractivity contribution in [2.24, 2.45) is 5.92 Å². The van der Waals surface area contributed by atoms with Gasteiger partial charge in [-0.05, 0) is 62.4 Å². The summed E-state index contributed by atoms with van der Waals surface area (Å²) in [7, 11) is -3.57. The van der Waals surface area contributed by atoms with Gasteiger partial charge in [0.15, 0.2) is 5.78 Å². The molecule has 2 aliphatic rings. The molecular formula is C30H37N5O8S. The number of sulfone groups is 1. The summed E-state index contributed by atoms with van der Waals surface area (Å²) in [4.78, 5) is 77.3. The highest BCUT2D eigenvalue weighted by Crippen LogP contribution is 2.30. The van der Waals surface area contributed by atoms with Crippen LogP contribution in [0.2, 0.25) is 0 Å². The Morgan fingerprint density at radius 3 is 2.41 bits per heavy atom. The summed E-state index contributed by atoms with van der Waals surface area (Å²) >= 11 is 0. The molecule has 0 spiro atoms. The van der Waals surface area contributed by atoms with E-state index in [2.05, 4.69) is 15.3 Å². The van der Waals surface area contributed by atoms with Gasteiger partial charge in [-0.1, -0.05) is 0 Å². The molecule has 14 heteroatoms. The average Bonchev–Trinajstić information content (AvgIpc) is 3.59. The van der Waals surface area contributed by atoms with Gasteiger partial charge in [0.25, 0.3) is 11.8 Å². The molecule has 44 heavy (non-hydrogen) atoms. The Balaban J connectivity index is 1.32. The highest BCUT2D eigenvalue weighted by atomic mass is 32.2. The topological polar surface area (TPSA) is 173 Å². The molecule has 2 atom stereocenters. The first kappa shape index (κ1) is 32.7. The number of rotatable bonds is 14. The zero-order valence-corrected chi connectivity index (χ0v) is 25.7. The number of hydrogen-bond donors (Lipinski definition) is 1. The molecule has 0 bridgehead atoms. The number of carbonyl (C=O) groups is 5. The lowest BCUT2D eigenvalue weighted by Crippen LogP contribution is -2.41. The van der Waals surface area contributed by atoms with E-state index in [1.165, 1.54) is 0 Å². The molecular weight excluding hydrogens is 590 g/mol. The van der Waals surface area contributed by atoms with E-state index in [-0.39, 0.29) is 38.0 Å². The fourth-order valence-corrected chi connectivity index (χ4v) is 6.35. The smallest absolute Gasteiger partial charge is 0.333 e. The van der Waals surface area contributed by atoms with Gasteiger partial charge in [0.2, 0.25) is 5.91 Å². The number of Topliss-reactive ketones (excluding diaryl/α,β-unsaturated/α-hetero) is 1. The first-order valence-corrected chi connectivity index (χ1v) is 16.7. The van der Waals surface area contributed by atoms with Crippen LogP contribution >= 0.6 is 0 Å². The van der Waals surface area contributed by atoms with Crippen LogP contribution in [0.3, 0.4) is 0 Å². The molecule has 2 aromatic heterocycles. The molecule has 236 valence electrons. The van der Waals surface area contributed by atoms with Crippen LogP contribution in [0.4, 0.5) is 5.69 Å². The van der Waals surface area contributed by atoms with Crippen molar-refractivity contribution in [1.29, 1.82) is 0 Å². The number of ketones is 1. The number of imide groups is 1. The molecule has 2 aliphatic heterocycles. The fraction of sp³-hybridized carbons (Fsp3) is 0.500. The quantitative estimate of drug-likeness (QED) is 0.240. The van der Waals surface area contributed by atoms with Crippen LogP contribution in [-0.4, -0.2) is 84.1 Å². The second kappa shape index (κ2) is 14.5. The number of nitrogens with zero attached hydrogens (tertiary/aromatic N) is 4. The highest BCUT2D eigenvalue weighted by Gasteiger charge is 2.35. The lowest BCUT2D eigenvalue weighted by molar-refractivity contribution is -0.197. The number of unbranched alkanes of at least 4 members (excludes halogenated alkanes) is 1. The van der Waals surface area contributed by atoms with Crippen LogP contribution in [0.1, 0.15) is 56.9 Å². The van der Waals surface area contributed by atoms with Crippen LogP contribution in [-0.2, 0) is 38.6 Å². The van der Waals surface area contributed by atoms with Gasteiger partial charge in [-0.25, -0.2) is 13.2 Å². The molecule has 0 saturated carbocycles. The predicted octanol–water partition coefficient (Wildman–Crippen LogP) is 1.93. The number of hydroxylamine groups is 2. The van der Waals surface area contributed by atoms with E-state index in [4.69, 9.17) is 4.84 Å². The maximum absolute atomic E-state index is 13.5. The Hall–Kier alpha value is -4.20. The standard InChI is InChI=1S/C30H37N5O8S/c1-20-10-13-31-23(16-20)24-18-22(11-14-32-24)34-15-5-6-25(34)26(36)17-21(19-44(2,41)42)30(40)33-12-4-3-7-29(39)43-35-27(37)8-9-28(35)38/h10-11,13-14,16,18,21,25H,3-9,12,15,17,19H2,1-2H3,(H,33,40). The highest BCUT2D eigenvalue weighted by molar-refractivity contribution is 7.90. The summed E-state index contributed by atoms with van der Waals surface area (Å²) in [6, 6.07) is 7.02. The second-order valence-electron chi connectivity index (χ2n) is 11.2. The molecule has 2 fully saturated rings. The van der Waals surface area contributed by atoms with Crippen molar-refractivity contribution in [2.75, 3.05) is 30.0 Å². The molecule has 0 aliphatic carbocycles. The van der Waals surface area contributed by atoms with Crippen LogP contribution < -0.4 is 10.2 Å². The summed E-state index contributed by atoms with van der Waals surface area (Å²) in [5.41, 5.74) is 3.23. The van der Waals surface area contributed by atoms with Gasteiger partial charge in [0.05, 0.1) is 29.1 Å². The van der Waals surface area contributed by atoms with E-state index in [0.717, 1.165) is 23.9 Å². The van der Waals surface area contributed by atoms with Crippen LogP contribution in [0, 0.1) is 12.8 Å². The number of pyridine rings is 2. The van der Waals surface area contributed by atoms with E-state index < -0.39 is 51.2 Å². The SMILES string of the molecule is Cc1ccnc(-c2cc(N3CCCC3C(=O)CC(CS(C)(=O)=O)C(=O)NCCCCC(=O)ON3C(=O)CCC3=O)ccn2)c1. The summed E-state index contributed by atoms with van der Waals surface area (Å²) in [5.74, 6) is -4.17. The van der Waals surface area contributed by atoms with E-state index in [1.807, 2.05) is 36.1 Å². The molecule has 0 radical (unpaired) electrons. The molecule has 3 amide bonds. The van der Waals surface area contributed by atoms with Gasteiger partial charge in [-0.2, -0.15) is 0 Å². The number of carbonyl (C=O) groups excluding carboxylic acids is 5. The van der Waals surface area contributed by atoms with Gasteiger partial charge in [0.1, 0.15) is 9.84 Å². The largest absolute Gasteiger partial charge is 0.361 e. The van der Waals surface area contributed by atoms with Crippen molar-refractivity contribution in [3.8, 4) is 11.4 Å². The van der Waals surface area contributed by atoms with Gasteiger partial charge in [0, 0.05) is 63.1 Å². The molecule has 2 saturated heterocycles. The normalized spacial score (nSPS) is 17.5. The molecule has 1 N–H and O–H groups in total. The Morgan fingerprint density at radius 1 is 1.05 bits per heavy atom. The number of aryl methyl sites for hydroxylation is 1. The van der Waals surface area contributed by atoms with Crippen molar-refractivity contribution < 1.29 is 37.2 Å². The number of aromatic nitrogens is 2. The van der Waals surface area contributed by atoms with Gasteiger partial charge >= 0.3 is 5.97 Å². The lowest BCUT2D eigenvalue weighted by atomic mass is 9.97. The monoisotopic (exact) mass is 627 g/mol. The Kier molecular flexibility index (Phi) is 10.8. The van der Waals surface area contributed by atoms with Gasteiger partial charge in [-0.15, -0.1) is 5.06 Å². The van der Waals surface area contributed by atoms with Crippen molar-refractivity contribution >= 4 is 45.0 Å². The Labute approximate surface area is 256 Å². The maximum atomic E-state index is 13.5. The van der Waals surface area contributed by atoms with E-state index in [9.17, 15) is 32.4 Å². The number of amides is 3. The minimum atomic E-state index is -3.57. The summed E-state index contributed by atoms with van der Waals surface area (Å²) in [6.07, 6.45) is 6.11. The van der Waals surface area contributed by atoms with E-state index in [0.29, 0.717) is 42.3 Å². The number of nitrogens with one attached hydrogen (secondary N) is 1. The van der Waals surface area contributed by atoms with E-state index >= 15 is 0 Å². The van der Waals surface area contributed by atoms with Gasteiger partial charge in [-0.3, -0.25) is 29.1 Å². The molecule has 2 unspecified atom stereocenters. The maximum Gasteiger partial charge on any atom is 0.333 e. The van der Waals surface area contributed by atoms with Crippen LogP contribution in [0.15, 0.2) is 36.7 Å². The average molecular weight is 628 g/mol. The minimum absolute atomic E-state index is 0.00442. The third kappa shape index (κ3) is 8.91. The fourth-order valence-electron chi connectivity index (χ4n) is 5.35. The predicted molar refractivity (Wildman–Crippen MR) is 159 cm³/mol. The molecule has 0 aromatic carbocycles. The Bertz CT molecular complexity index is 1510. The summed E-state index contributed by atoms with van der Waals surface area (Å²) < 4.78 is 24.3. The number of anilines is 1. The van der Waals surface area contributed by atoms with Crippen LogP contribution in [0.25, 0.3) is 11.4 Å². The van der Waals surface area contributed by atoms with E-state index in [1.54, 1.807) is 12.4 Å². The first-order chi connectivity index (χ1) is 20.9. The molecule has 2 aromatic rings. The zero-order chi connectivity index (χ0) is 31.9. The summed E-state index contributed by atoms with van der Waals surface area (Å²) in [5, 5.41) is 3.16. The zero-order valence-electron chi connectivity index (χ0n) is 24.9. The molecule has 13 nitrogen and oxygen atoms in total. The van der Waals surface area contributed by atoms with Crippen LogP contribution in [0.5, 0.6) is 0 Å². The Morgan fingerprint density at radius 2 is 1.73 bits per heavy atom. The summed E-state index contributed by atoms with van der Waals surface area (Å²) in [6.45, 7) is 2.74. The van der Waals surface area contributed by atoms with Crippen molar-refractivity contribution in [1.82, 2.24) is 20.3 Å². The minimum Gasteiger partial charge on any atom is -0.361 e. The molecule has 4 heterocycles. The first-order valence-electron chi connectivity index (χ1n) is 14.6. The lowest BCUT2D eigenvalue weighted by Gasteiger charge is -2.27. The molecule has 4 rings (SSSR count). The van der Waals surface area contributed by atoms with Gasteiger partial charge < -0.3 is 15.1 Å². The van der Waals surface area contributed by atoms with Crippen molar-refractivity contribution in [3.05, 3.63) is 42.2 Å². The number of hydrogen-bond acceptors (Lipinski definition) is 11. The third-order valence-electron chi connectivity index (χ3n) is 7.51. The second-order valence-corrected chi connectivity index (χ2v) is 13.4.